The van der Waals surface area contributed by atoms with Gasteiger partial charge in [-0.05, 0) is 44.4 Å². The Balaban J connectivity index is 1.33. The topological polar surface area (TPSA) is 81.2 Å². The number of carbonyl (C=O) groups is 1. The number of aliphatic hydroxyl groups excluding tert-OH is 1. The number of aromatic nitrogens is 1. The standard InChI is InChI=1S/C20H31N5O3/c26-15-18-4-1-7-24(18)14-17-3-2-8-25(17)20(27)22-16-5-6-19(21-13-16)23-9-11-28-12-10-23/h5-6,13,17-18,26H,1-4,7-12,14-15H2,(H,22,27). The molecule has 3 aliphatic rings. The zero-order valence-corrected chi connectivity index (χ0v) is 16.4. The predicted octanol–water partition coefficient (Wildman–Crippen LogP) is 1.37. The summed E-state index contributed by atoms with van der Waals surface area (Å²) < 4.78 is 5.38. The largest absolute Gasteiger partial charge is 0.395 e. The van der Waals surface area contributed by atoms with E-state index < -0.39 is 0 Å². The number of urea groups is 1. The lowest BCUT2D eigenvalue weighted by molar-refractivity contribution is 0.122. The molecular weight excluding hydrogens is 358 g/mol. The number of carbonyl (C=O) groups excluding carboxylic acids is 1. The maximum atomic E-state index is 12.8. The second-order valence-corrected chi connectivity index (χ2v) is 7.90. The van der Waals surface area contributed by atoms with E-state index in [0.29, 0.717) is 0 Å². The van der Waals surface area contributed by atoms with Gasteiger partial charge in [0, 0.05) is 38.3 Å². The van der Waals surface area contributed by atoms with E-state index in [1.807, 2.05) is 17.0 Å². The fraction of sp³-hybridized carbons (Fsp3) is 0.700. The van der Waals surface area contributed by atoms with Crippen molar-refractivity contribution >= 4 is 17.5 Å². The third-order valence-electron chi connectivity index (χ3n) is 6.13. The van der Waals surface area contributed by atoms with E-state index >= 15 is 0 Å². The lowest BCUT2D eigenvalue weighted by atomic mass is 10.2. The van der Waals surface area contributed by atoms with Crippen LogP contribution in [0.4, 0.5) is 16.3 Å². The molecule has 3 saturated heterocycles. The number of nitrogens with one attached hydrogen (secondary N) is 1. The molecule has 2 amide bonds. The quantitative estimate of drug-likeness (QED) is 0.792. The molecule has 1 aromatic rings. The van der Waals surface area contributed by atoms with E-state index in [2.05, 4.69) is 20.1 Å². The molecule has 2 unspecified atom stereocenters. The summed E-state index contributed by atoms with van der Waals surface area (Å²) in [5.74, 6) is 0.921. The van der Waals surface area contributed by atoms with Crippen molar-refractivity contribution in [3.8, 4) is 0 Å². The Morgan fingerprint density at radius 1 is 1.14 bits per heavy atom. The molecule has 0 bridgehead atoms. The van der Waals surface area contributed by atoms with Gasteiger partial charge in [0.2, 0.25) is 0 Å². The van der Waals surface area contributed by atoms with Crippen LogP contribution in [0.5, 0.6) is 0 Å². The number of anilines is 2. The molecule has 0 spiro atoms. The van der Waals surface area contributed by atoms with Crippen LogP contribution >= 0.6 is 0 Å². The number of ether oxygens (including phenoxy) is 1. The second kappa shape index (κ2) is 9.07. The van der Waals surface area contributed by atoms with Crippen LogP contribution in [0.2, 0.25) is 0 Å². The molecule has 4 heterocycles. The summed E-state index contributed by atoms with van der Waals surface area (Å²) in [6.45, 7) is 6.01. The molecule has 0 radical (unpaired) electrons. The van der Waals surface area contributed by atoms with Crippen molar-refractivity contribution in [2.75, 3.05) is 62.8 Å². The molecule has 0 aromatic carbocycles. The van der Waals surface area contributed by atoms with E-state index in [-0.39, 0.29) is 24.7 Å². The second-order valence-electron chi connectivity index (χ2n) is 7.90. The van der Waals surface area contributed by atoms with Crippen molar-refractivity contribution in [1.82, 2.24) is 14.8 Å². The minimum Gasteiger partial charge on any atom is -0.395 e. The normalized spacial score (nSPS) is 26.0. The fourth-order valence-electron chi connectivity index (χ4n) is 4.54. The van der Waals surface area contributed by atoms with Crippen LogP contribution in [-0.2, 0) is 4.74 Å². The molecule has 3 fully saturated rings. The van der Waals surface area contributed by atoms with Crippen molar-refractivity contribution in [2.45, 2.75) is 37.8 Å². The summed E-state index contributed by atoms with van der Waals surface area (Å²) in [5.41, 5.74) is 0.724. The first-order chi connectivity index (χ1) is 13.7. The van der Waals surface area contributed by atoms with Crippen molar-refractivity contribution in [2.24, 2.45) is 0 Å². The Hall–Kier alpha value is -1.90. The zero-order chi connectivity index (χ0) is 19.3. The molecule has 1 aromatic heterocycles. The highest BCUT2D eigenvalue weighted by molar-refractivity contribution is 5.89. The Kier molecular flexibility index (Phi) is 6.29. The summed E-state index contributed by atoms with van der Waals surface area (Å²) in [7, 11) is 0. The highest BCUT2D eigenvalue weighted by Crippen LogP contribution is 2.24. The number of likely N-dealkylation sites (tertiary alicyclic amines) is 2. The third kappa shape index (κ3) is 4.39. The average molecular weight is 390 g/mol. The average Bonchev–Trinajstić information content (AvgIpc) is 3.39. The van der Waals surface area contributed by atoms with Crippen LogP contribution in [-0.4, -0.2) is 90.5 Å². The first-order valence-electron chi connectivity index (χ1n) is 10.5. The molecule has 8 heteroatoms. The Morgan fingerprint density at radius 3 is 2.68 bits per heavy atom. The van der Waals surface area contributed by atoms with Crippen molar-refractivity contribution in [1.29, 1.82) is 0 Å². The van der Waals surface area contributed by atoms with Crippen molar-refractivity contribution in [3.63, 3.8) is 0 Å². The monoisotopic (exact) mass is 389 g/mol. The number of hydrogen-bond donors (Lipinski definition) is 2. The van der Waals surface area contributed by atoms with Gasteiger partial charge in [0.15, 0.2) is 0 Å². The van der Waals surface area contributed by atoms with Gasteiger partial charge >= 0.3 is 6.03 Å². The van der Waals surface area contributed by atoms with Gasteiger partial charge < -0.3 is 25.0 Å². The number of pyridine rings is 1. The van der Waals surface area contributed by atoms with Gasteiger partial charge in [-0.15, -0.1) is 0 Å². The number of morpholine rings is 1. The molecule has 28 heavy (non-hydrogen) atoms. The van der Waals surface area contributed by atoms with Crippen molar-refractivity contribution < 1.29 is 14.6 Å². The van der Waals surface area contributed by atoms with Gasteiger partial charge in [-0.25, -0.2) is 9.78 Å². The highest BCUT2D eigenvalue weighted by atomic mass is 16.5. The molecule has 0 aliphatic carbocycles. The highest BCUT2D eigenvalue weighted by Gasteiger charge is 2.33. The SMILES string of the molecule is O=C(Nc1ccc(N2CCOCC2)nc1)N1CCCC1CN1CCCC1CO. The summed E-state index contributed by atoms with van der Waals surface area (Å²) >= 11 is 0. The van der Waals surface area contributed by atoms with Crippen LogP contribution in [0.1, 0.15) is 25.7 Å². The van der Waals surface area contributed by atoms with E-state index in [0.717, 1.165) is 83.1 Å². The number of hydrogen-bond acceptors (Lipinski definition) is 6. The number of nitrogens with zero attached hydrogens (tertiary/aromatic N) is 4. The molecule has 0 saturated carbocycles. The molecule has 3 aliphatic heterocycles. The minimum atomic E-state index is -0.0526. The molecular formula is C20H31N5O3. The lowest BCUT2D eigenvalue weighted by Crippen LogP contribution is -2.46. The van der Waals surface area contributed by atoms with Gasteiger partial charge in [0.25, 0.3) is 0 Å². The van der Waals surface area contributed by atoms with Crippen LogP contribution in [0, 0.1) is 0 Å². The van der Waals surface area contributed by atoms with Crippen LogP contribution < -0.4 is 10.2 Å². The smallest absolute Gasteiger partial charge is 0.322 e. The molecule has 2 atom stereocenters. The minimum absolute atomic E-state index is 0.0526. The van der Waals surface area contributed by atoms with E-state index in [4.69, 9.17) is 4.74 Å². The Morgan fingerprint density at radius 2 is 1.93 bits per heavy atom. The lowest BCUT2D eigenvalue weighted by Gasteiger charge is -2.31. The van der Waals surface area contributed by atoms with Gasteiger partial charge in [-0.3, -0.25) is 4.90 Å². The van der Waals surface area contributed by atoms with Gasteiger partial charge in [0.1, 0.15) is 5.82 Å². The van der Waals surface area contributed by atoms with Gasteiger partial charge in [-0.1, -0.05) is 0 Å². The van der Waals surface area contributed by atoms with Crippen molar-refractivity contribution in [3.05, 3.63) is 18.3 Å². The van der Waals surface area contributed by atoms with Crippen LogP contribution in [0.25, 0.3) is 0 Å². The maximum Gasteiger partial charge on any atom is 0.322 e. The first-order valence-corrected chi connectivity index (χ1v) is 10.5. The summed E-state index contributed by atoms with van der Waals surface area (Å²) in [6, 6.07) is 4.29. The van der Waals surface area contributed by atoms with E-state index in [9.17, 15) is 9.90 Å². The van der Waals surface area contributed by atoms with Crippen LogP contribution in [0.3, 0.4) is 0 Å². The summed E-state index contributed by atoms with van der Waals surface area (Å²) in [4.78, 5) is 23.8. The summed E-state index contributed by atoms with van der Waals surface area (Å²) in [5, 5.41) is 12.6. The third-order valence-corrected chi connectivity index (χ3v) is 6.13. The fourth-order valence-corrected chi connectivity index (χ4v) is 4.54. The van der Waals surface area contributed by atoms with Gasteiger partial charge in [0.05, 0.1) is 31.7 Å². The molecule has 154 valence electrons. The Bertz CT molecular complexity index is 650. The van der Waals surface area contributed by atoms with E-state index in [1.165, 1.54) is 0 Å². The number of aliphatic hydroxyl groups is 1. The first kappa shape index (κ1) is 19.4. The van der Waals surface area contributed by atoms with Crippen LogP contribution in [0.15, 0.2) is 18.3 Å². The zero-order valence-electron chi connectivity index (χ0n) is 16.4. The summed E-state index contributed by atoms with van der Waals surface area (Å²) in [6.07, 6.45) is 5.97. The molecule has 4 rings (SSSR count). The number of amides is 2. The maximum absolute atomic E-state index is 12.8. The van der Waals surface area contributed by atoms with E-state index in [1.54, 1.807) is 6.20 Å². The number of rotatable bonds is 5. The molecule has 2 N–H and O–H groups in total. The molecule has 8 nitrogen and oxygen atoms in total. The van der Waals surface area contributed by atoms with Gasteiger partial charge in [-0.2, -0.15) is 0 Å². The predicted molar refractivity (Wildman–Crippen MR) is 108 cm³/mol. The Labute approximate surface area is 166 Å².